The van der Waals surface area contributed by atoms with E-state index >= 15 is 0 Å². The minimum absolute atomic E-state index is 0.00223. The Morgan fingerprint density at radius 1 is 1.33 bits per heavy atom. The second kappa shape index (κ2) is 6.93. The molecular formula is C17H26N4O3. The summed E-state index contributed by atoms with van der Waals surface area (Å²) in [5.74, 6) is 0.580. The fraction of sp³-hybridized carbons (Fsp3) is 0.706. The zero-order valence-electron chi connectivity index (χ0n) is 14.7. The molecule has 1 atom stereocenters. The summed E-state index contributed by atoms with van der Waals surface area (Å²) < 4.78 is 5.11. The number of amides is 2. The normalized spacial score (nSPS) is 22.3. The number of rotatable bonds is 4. The molecule has 0 radical (unpaired) electrons. The van der Waals surface area contributed by atoms with Crippen LogP contribution in [0.15, 0.2) is 4.52 Å². The summed E-state index contributed by atoms with van der Waals surface area (Å²) >= 11 is 0. The Balaban J connectivity index is 1.52. The molecule has 0 unspecified atom stereocenters. The van der Waals surface area contributed by atoms with Gasteiger partial charge in [-0.05, 0) is 39.8 Å². The highest BCUT2D eigenvalue weighted by Gasteiger charge is 2.37. The van der Waals surface area contributed by atoms with Gasteiger partial charge in [0, 0.05) is 13.1 Å². The smallest absolute Gasteiger partial charge is 0.257 e. The maximum Gasteiger partial charge on any atom is 0.257 e. The molecule has 2 aliphatic rings. The molecule has 2 amide bonds. The van der Waals surface area contributed by atoms with Crippen LogP contribution < -0.4 is 5.32 Å². The number of hydrogen-bond acceptors (Lipinski definition) is 5. The SMILES string of the molecule is CCc1noc(C)c1C(=O)NC1CN(C(=O)[C@H]2CCCCN2C)C1. The molecule has 2 fully saturated rings. The first-order chi connectivity index (χ1) is 11.5. The second-order valence-electron chi connectivity index (χ2n) is 6.82. The zero-order valence-corrected chi connectivity index (χ0v) is 14.7. The van der Waals surface area contributed by atoms with Crippen LogP contribution in [0.1, 0.15) is 48.0 Å². The molecule has 24 heavy (non-hydrogen) atoms. The fourth-order valence-corrected chi connectivity index (χ4v) is 3.56. The van der Waals surface area contributed by atoms with Crippen molar-refractivity contribution in [3.8, 4) is 0 Å². The third kappa shape index (κ3) is 3.17. The molecule has 0 bridgehead atoms. The molecule has 2 saturated heterocycles. The third-order valence-electron chi connectivity index (χ3n) is 5.08. The summed E-state index contributed by atoms with van der Waals surface area (Å²) in [6.45, 7) is 5.84. The average Bonchev–Trinajstić information content (AvgIpc) is 2.91. The first-order valence-corrected chi connectivity index (χ1v) is 8.76. The van der Waals surface area contributed by atoms with Crippen LogP contribution >= 0.6 is 0 Å². The minimum atomic E-state index is -0.155. The third-order valence-corrected chi connectivity index (χ3v) is 5.08. The molecule has 132 valence electrons. The maximum atomic E-state index is 12.6. The highest BCUT2D eigenvalue weighted by molar-refractivity contribution is 5.96. The number of aromatic nitrogens is 1. The van der Waals surface area contributed by atoms with Gasteiger partial charge in [0.05, 0.1) is 17.8 Å². The number of hydrogen-bond donors (Lipinski definition) is 1. The Kier molecular flexibility index (Phi) is 4.89. The Hall–Kier alpha value is -1.89. The summed E-state index contributed by atoms with van der Waals surface area (Å²) in [6, 6.07) is 0.0109. The number of carbonyl (C=O) groups is 2. The lowest BCUT2D eigenvalue weighted by molar-refractivity contribution is -0.142. The van der Waals surface area contributed by atoms with Gasteiger partial charge in [0.1, 0.15) is 11.3 Å². The molecule has 1 aromatic heterocycles. The van der Waals surface area contributed by atoms with E-state index in [1.807, 2.05) is 18.9 Å². The quantitative estimate of drug-likeness (QED) is 0.888. The van der Waals surface area contributed by atoms with Crippen LogP contribution in [-0.2, 0) is 11.2 Å². The van der Waals surface area contributed by atoms with Crippen LogP contribution in [0.2, 0.25) is 0 Å². The number of likely N-dealkylation sites (tertiary alicyclic amines) is 2. The van der Waals surface area contributed by atoms with Gasteiger partial charge >= 0.3 is 0 Å². The average molecular weight is 334 g/mol. The van der Waals surface area contributed by atoms with E-state index in [9.17, 15) is 9.59 Å². The maximum absolute atomic E-state index is 12.6. The van der Waals surface area contributed by atoms with Crippen molar-refractivity contribution in [1.82, 2.24) is 20.3 Å². The van der Waals surface area contributed by atoms with Gasteiger partial charge in [-0.2, -0.15) is 0 Å². The first kappa shape index (κ1) is 17.0. The van der Waals surface area contributed by atoms with Crippen molar-refractivity contribution < 1.29 is 14.1 Å². The van der Waals surface area contributed by atoms with Crippen LogP contribution in [0.25, 0.3) is 0 Å². The standard InChI is InChI=1S/C17H26N4O3/c1-4-13-15(11(2)24-19-13)16(22)18-12-9-21(10-12)17(23)14-7-5-6-8-20(14)3/h12,14H,4-10H2,1-3H3,(H,18,22)/t14-/m1/s1. The molecular weight excluding hydrogens is 308 g/mol. The molecule has 1 aromatic rings. The van der Waals surface area contributed by atoms with Crippen molar-refractivity contribution in [3.05, 3.63) is 17.0 Å². The molecule has 3 heterocycles. The van der Waals surface area contributed by atoms with Crippen molar-refractivity contribution in [1.29, 1.82) is 0 Å². The van der Waals surface area contributed by atoms with Gasteiger partial charge in [-0.15, -0.1) is 0 Å². The lowest BCUT2D eigenvalue weighted by Gasteiger charge is -2.43. The van der Waals surface area contributed by atoms with Gasteiger partial charge in [0.15, 0.2) is 0 Å². The molecule has 0 saturated carbocycles. The van der Waals surface area contributed by atoms with Crippen LogP contribution in [0.5, 0.6) is 0 Å². The van der Waals surface area contributed by atoms with Crippen LogP contribution in [0, 0.1) is 6.92 Å². The molecule has 7 nitrogen and oxygen atoms in total. The van der Waals surface area contributed by atoms with E-state index < -0.39 is 0 Å². The molecule has 0 aromatic carbocycles. The predicted molar refractivity (Wildman–Crippen MR) is 88.7 cm³/mol. The monoisotopic (exact) mass is 334 g/mol. The number of nitrogens with zero attached hydrogens (tertiary/aromatic N) is 3. The molecule has 1 N–H and O–H groups in total. The van der Waals surface area contributed by atoms with Gasteiger partial charge in [-0.1, -0.05) is 18.5 Å². The Morgan fingerprint density at radius 3 is 2.75 bits per heavy atom. The summed E-state index contributed by atoms with van der Waals surface area (Å²) in [4.78, 5) is 29.0. The van der Waals surface area contributed by atoms with Crippen molar-refractivity contribution in [2.24, 2.45) is 0 Å². The van der Waals surface area contributed by atoms with Gasteiger partial charge in [0.25, 0.3) is 5.91 Å². The zero-order chi connectivity index (χ0) is 17.3. The summed E-state index contributed by atoms with van der Waals surface area (Å²) in [7, 11) is 2.02. The molecule has 3 rings (SSSR count). The molecule has 2 aliphatic heterocycles. The molecule has 0 spiro atoms. The van der Waals surface area contributed by atoms with E-state index in [0.717, 1.165) is 25.8 Å². The Morgan fingerprint density at radius 2 is 2.08 bits per heavy atom. The summed E-state index contributed by atoms with van der Waals surface area (Å²) in [6.07, 6.45) is 3.87. The van der Waals surface area contributed by atoms with E-state index in [-0.39, 0.29) is 23.9 Å². The lowest BCUT2D eigenvalue weighted by Crippen LogP contribution is -2.64. The van der Waals surface area contributed by atoms with E-state index in [0.29, 0.717) is 36.5 Å². The van der Waals surface area contributed by atoms with Gasteiger partial charge in [0.2, 0.25) is 5.91 Å². The number of likely N-dealkylation sites (N-methyl/N-ethyl adjacent to an activating group) is 1. The first-order valence-electron chi connectivity index (χ1n) is 8.76. The Labute approximate surface area is 142 Å². The minimum Gasteiger partial charge on any atom is -0.361 e. The van der Waals surface area contributed by atoms with Gasteiger partial charge in [-0.3, -0.25) is 14.5 Å². The summed E-state index contributed by atoms with van der Waals surface area (Å²) in [5, 5.41) is 6.90. The van der Waals surface area contributed by atoms with Crippen molar-refractivity contribution in [2.45, 2.75) is 51.6 Å². The van der Waals surface area contributed by atoms with Crippen molar-refractivity contribution in [3.63, 3.8) is 0 Å². The molecule has 7 heteroatoms. The summed E-state index contributed by atoms with van der Waals surface area (Å²) in [5.41, 5.74) is 1.22. The number of aryl methyl sites for hydroxylation is 2. The number of piperidine rings is 1. The lowest BCUT2D eigenvalue weighted by atomic mass is 9.99. The predicted octanol–water partition coefficient (Wildman–Crippen LogP) is 0.970. The molecule has 0 aliphatic carbocycles. The van der Waals surface area contributed by atoms with E-state index in [2.05, 4.69) is 15.4 Å². The van der Waals surface area contributed by atoms with E-state index in [4.69, 9.17) is 4.52 Å². The van der Waals surface area contributed by atoms with Gasteiger partial charge < -0.3 is 14.7 Å². The van der Waals surface area contributed by atoms with E-state index in [1.165, 1.54) is 0 Å². The highest BCUT2D eigenvalue weighted by atomic mass is 16.5. The number of carbonyl (C=O) groups excluding carboxylic acids is 2. The van der Waals surface area contributed by atoms with Crippen molar-refractivity contribution in [2.75, 3.05) is 26.7 Å². The van der Waals surface area contributed by atoms with E-state index in [1.54, 1.807) is 6.92 Å². The van der Waals surface area contributed by atoms with Crippen LogP contribution in [0.3, 0.4) is 0 Å². The van der Waals surface area contributed by atoms with Gasteiger partial charge in [-0.25, -0.2) is 0 Å². The fourth-order valence-electron chi connectivity index (χ4n) is 3.56. The number of nitrogens with one attached hydrogen (secondary N) is 1. The highest BCUT2D eigenvalue weighted by Crippen LogP contribution is 2.21. The van der Waals surface area contributed by atoms with Crippen LogP contribution in [-0.4, -0.2) is 65.5 Å². The second-order valence-corrected chi connectivity index (χ2v) is 6.82. The largest absolute Gasteiger partial charge is 0.361 e. The van der Waals surface area contributed by atoms with Crippen molar-refractivity contribution >= 4 is 11.8 Å². The Bertz CT molecular complexity index is 621. The topological polar surface area (TPSA) is 78.7 Å². The van der Waals surface area contributed by atoms with Crippen LogP contribution in [0.4, 0.5) is 0 Å².